The van der Waals surface area contributed by atoms with E-state index >= 15 is 0 Å². The van der Waals surface area contributed by atoms with Crippen LogP contribution in [-0.4, -0.2) is 44.7 Å². The normalized spacial score (nSPS) is 23.9. The molecular weight excluding hydrogens is 275 g/mol. The van der Waals surface area contributed by atoms with E-state index in [4.69, 9.17) is 0 Å². The minimum Gasteiger partial charge on any atom is -0.350 e. The van der Waals surface area contributed by atoms with Crippen molar-refractivity contribution in [3.05, 3.63) is 35.5 Å². The Kier molecular flexibility index (Phi) is 2.36. The van der Waals surface area contributed by atoms with Crippen molar-refractivity contribution >= 4 is 17.5 Å². The Morgan fingerprint density at radius 3 is 3.00 bits per heavy atom. The molecule has 2 bridgehead atoms. The average molecular weight is 288 g/mol. The standard InChI is InChI=1S/C14H13FN4O2/c1-7-2-3-10-17-11(12(15)19(10)5-7)14(21)18-6-8-4-9(18)13(20)16-8/h2-3,5,8-9H,4,6H2,1H3,(H,16,20)/t8-,9-/m0/s1. The Morgan fingerprint density at radius 1 is 1.48 bits per heavy atom. The Morgan fingerprint density at radius 2 is 2.29 bits per heavy atom. The van der Waals surface area contributed by atoms with Crippen LogP contribution in [0.15, 0.2) is 18.3 Å². The van der Waals surface area contributed by atoms with Crippen molar-refractivity contribution in [3.8, 4) is 0 Å². The first-order chi connectivity index (χ1) is 10.0. The minimum atomic E-state index is -0.679. The van der Waals surface area contributed by atoms with E-state index in [1.807, 2.05) is 6.92 Å². The molecule has 0 aromatic carbocycles. The SMILES string of the molecule is Cc1ccc2nc(C(=O)N3C[C@@H]4C[C@H]3C(=O)N4)c(F)n2c1. The van der Waals surface area contributed by atoms with E-state index in [-0.39, 0.29) is 17.6 Å². The van der Waals surface area contributed by atoms with E-state index in [1.54, 1.807) is 18.3 Å². The number of fused-ring (bicyclic) bond motifs is 3. The Hall–Kier alpha value is -2.44. The number of carbonyl (C=O) groups is 2. The molecule has 2 aromatic rings. The number of hydrogen-bond donors (Lipinski definition) is 1. The van der Waals surface area contributed by atoms with Gasteiger partial charge in [-0.15, -0.1) is 0 Å². The fourth-order valence-electron chi connectivity index (χ4n) is 3.11. The maximum atomic E-state index is 14.4. The highest BCUT2D eigenvalue weighted by atomic mass is 19.1. The number of rotatable bonds is 1. The van der Waals surface area contributed by atoms with Crippen LogP contribution < -0.4 is 5.32 Å². The predicted molar refractivity (Wildman–Crippen MR) is 71.3 cm³/mol. The van der Waals surface area contributed by atoms with Crippen LogP contribution in [0.5, 0.6) is 0 Å². The van der Waals surface area contributed by atoms with Gasteiger partial charge in [-0.25, -0.2) is 4.98 Å². The molecule has 0 saturated carbocycles. The highest BCUT2D eigenvalue weighted by Crippen LogP contribution is 2.26. The highest BCUT2D eigenvalue weighted by molar-refractivity contribution is 5.98. The monoisotopic (exact) mass is 288 g/mol. The van der Waals surface area contributed by atoms with Gasteiger partial charge in [0.2, 0.25) is 11.9 Å². The number of nitrogens with zero attached hydrogens (tertiary/aromatic N) is 3. The lowest BCUT2D eigenvalue weighted by Crippen LogP contribution is -2.50. The topological polar surface area (TPSA) is 66.7 Å². The zero-order valence-electron chi connectivity index (χ0n) is 11.3. The molecule has 2 aliphatic heterocycles. The van der Waals surface area contributed by atoms with Gasteiger partial charge in [0.1, 0.15) is 11.7 Å². The smallest absolute Gasteiger partial charge is 0.278 e. The Balaban J connectivity index is 1.75. The third-order valence-corrected chi connectivity index (χ3v) is 4.12. The molecule has 2 aromatic heterocycles. The minimum absolute atomic E-state index is 0.0196. The number of aryl methyl sites for hydroxylation is 1. The Labute approximate surface area is 119 Å². The first-order valence-corrected chi connectivity index (χ1v) is 6.80. The molecule has 1 N–H and O–H groups in total. The van der Waals surface area contributed by atoms with Gasteiger partial charge in [-0.2, -0.15) is 4.39 Å². The average Bonchev–Trinajstić information content (AvgIpc) is 3.11. The van der Waals surface area contributed by atoms with Gasteiger partial charge in [-0.3, -0.25) is 14.0 Å². The molecule has 0 radical (unpaired) electrons. The first kappa shape index (κ1) is 12.3. The third kappa shape index (κ3) is 1.66. The molecule has 0 aliphatic carbocycles. The van der Waals surface area contributed by atoms with Crippen LogP contribution in [0.4, 0.5) is 4.39 Å². The number of amides is 2. The summed E-state index contributed by atoms with van der Waals surface area (Å²) in [4.78, 5) is 29.6. The van der Waals surface area contributed by atoms with E-state index in [0.29, 0.717) is 18.6 Å². The number of carbonyl (C=O) groups excluding carboxylic acids is 2. The van der Waals surface area contributed by atoms with Gasteiger partial charge < -0.3 is 10.2 Å². The van der Waals surface area contributed by atoms with Crippen LogP contribution in [0.3, 0.4) is 0 Å². The van der Waals surface area contributed by atoms with Gasteiger partial charge >= 0.3 is 0 Å². The third-order valence-electron chi connectivity index (χ3n) is 4.12. The van der Waals surface area contributed by atoms with E-state index in [9.17, 15) is 14.0 Å². The zero-order chi connectivity index (χ0) is 14.7. The summed E-state index contributed by atoms with van der Waals surface area (Å²) in [6, 6.07) is 2.96. The highest BCUT2D eigenvalue weighted by Gasteiger charge is 2.47. The molecule has 21 heavy (non-hydrogen) atoms. The van der Waals surface area contributed by atoms with Gasteiger partial charge in [0.05, 0.1) is 0 Å². The number of pyridine rings is 1. The summed E-state index contributed by atoms with van der Waals surface area (Å²) >= 11 is 0. The van der Waals surface area contributed by atoms with Crippen LogP contribution in [0, 0.1) is 12.9 Å². The van der Waals surface area contributed by atoms with Crippen molar-refractivity contribution in [3.63, 3.8) is 0 Å². The van der Waals surface area contributed by atoms with Gasteiger partial charge in [0.25, 0.3) is 5.91 Å². The predicted octanol–water partition coefficient (Wildman–Crippen LogP) is 0.495. The molecule has 2 amide bonds. The van der Waals surface area contributed by atoms with Crippen molar-refractivity contribution in [2.24, 2.45) is 0 Å². The van der Waals surface area contributed by atoms with Gasteiger partial charge in [-0.1, -0.05) is 6.07 Å². The molecule has 0 spiro atoms. The molecule has 4 heterocycles. The van der Waals surface area contributed by atoms with Crippen molar-refractivity contribution in [1.29, 1.82) is 0 Å². The van der Waals surface area contributed by atoms with Crippen LogP contribution in [-0.2, 0) is 4.79 Å². The number of halogens is 1. The summed E-state index contributed by atoms with van der Waals surface area (Å²) in [6.07, 6.45) is 2.19. The largest absolute Gasteiger partial charge is 0.350 e. The molecule has 0 unspecified atom stereocenters. The summed E-state index contributed by atoms with van der Waals surface area (Å²) in [6.45, 7) is 2.26. The van der Waals surface area contributed by atoms with Crippen LogP contribution in [0.2, 0.25) is 0 Å². The quantitative estimate of drug-likeness (QED) is 0.830. The van der Waals surface area contributed by atoms with Gasteiger partial charge in [0.15, 0.2) is 5.69 Å². The molecule has 7 heteroatoms. The van der Waals surface area contributed by atoms with E-state index < -0.39 is 17.9 Å². The number of aromatic nitrogens is 2. The summed E-state index contributed by atoms with van der Waals surface area (Å²) in [5.41, 5.74) is 1.04. The van der Waals surface area contributed by atoms with Crippen molar-refractivity contribution in [2.75, 3.05) is 6.54 Å². The lowest BCUT2D eigenvalue weighted by atomic mass is 10.2. The molecule has 2 saturated heterocycles. The number of likely N-dealkylation sites (tertiary alicyclic amines) is 1. The van der Waals surface area contributed by atoms with Crippen molar-refractivity contribution in [2.45, 2.75) is 25.4 Å². The fraction of sp³-hybridized carbons (Fsp3) is 0.357. The summed E-state index contributed by atoms with van der Waals surface area (Å²) < 4.78 is 15.7. The summed E-state index contributed by atoms with van der Waals surface area (Å²) in [5, 5.41) is 2.79. The van der Waals surface area contributed by atoms with Crippen LogP contribution >= 0.6 is 0 Å². The van der Waals surface area contributed by atoms with Crippen molar-refractivity contribution < 1.29 is 14.0 Å². The number of nitrogens with one attached hydrogen (secondary N) is 1. The second kappa shape index (κ2) is 4.03. The molecule has 108 valence electrons. The number of hydrogen-bond acceptors (Lipinski definition) is 3. The second-order valence-corrected chi connectivity index (χ2v) is 5.60. The first-order valence-electron chi connectivity index (χ1n) is 6.80. The van der Waals surface area contributed by atoms with Crippen LogP contribution in [0.25, 0.3) is 5.65 Å². The van der Waals surface area contributed by atoms with E-state index in [0.717, 1.165) is 5.56 Å². The van der Waals surface area contributed by atoms with Crippen LogP contribution in [0.1, 0.15) is 22.5 Å². The number of piperazine rings is 1. The van der Waals surface area contributed by atoms with Gasteiger partial charge in [0, 0.05) is 18.8 Å². The van der Waals surface area contributed by atoms with Gasteiger partial charge in [-0.05, 0) is 25.0 Å². The lowest BCUT2D eigenvalue weighted by molar-refractivity contribution is -0.124. The molecule has 2 atom stereocenters. The van der Waals surface area contributed by atoms with E-state index in [2.05, 4.69) is 10.3 Å². The second-order valence-electron chi connectivity index (χ2n) is 5.60. The maximum absolute atomic E-state index is 14.4. The number of imidazole rings is 1. The van der Waals surface area contributed by atoms with Crippen molar-refractivity contribution in [1.82, 2.24) is 19.6 Å². The summed E-state index contributed by atoms with van der Waals surface area (Å²) in [5.74, 6) is -1.36. The molecular formula is C14H13FN4O2. The molecule has 4 rings (SSSR count). The zero-order valence-corrected chi connectivity index (χ0v) is 11.3. The summed E-state index contributed by atoms with van der Waals surface area (Å²) in [7, 11) is 0. The molecule has 6 nitrogen and oxygen atoms in total. The lowest BCUT2D eigenvalue weighted by Gasteiger charge is -2.25. The maximum Gasteiger partial charge on any atom is 0.278 e. The Bertz CT molecular complexity index is 785. The van der Waals surface area contributed by atoms with E-state index in [1.165, 1.54) is 9.30 Å². The fourth-order valence-corrected chi connectivity index (χ4v) is 3.11. The molecule has 2 fully saturated rings. The molecule has 2 aliphatic rings.